The number of aliphatic hydroxyl groups is 2. The third-order valence-corrected chi connectivity index (χ3v) is 15.2. The van der Waals surface area contributed by atoms with Gasteiger partial charge in [0, 0.05) is 92.6 Å². The summed E-state index contributed by atoms with van der Waals surface area (Å²) in [5.74, 6) is -7.39. The molecule has 5 bridgehead atoms. The van der Waals surface area contributed by atoms with Gasteiger partial charge >= 0.3 is 11.8 Å². The number of carbonyl (C=O) groups is 3. The Morgan fingerprint density at radius 2 is 1.51 bits per heavy atom. The van der Waals surface area contributed by atoms with Gasteiger partial charge < -0.3 is 44.7 Å². The number of aliphatic hydroxyl groups excluding tert-OH is 2. The summed E-state index contributed by atoms with van der Waals surface area (Å²) in [5.41, 5.74) is 1.52. The van der Waals surface area contributed by atoms with Crippen molar-refractivity contribution >= 4 is 34.1 Å². The molecule has 12 atom stereocenters. The number of phenolic OH excluding ortho intramolecular Hbond substituents is 2. The fourth-order valence-corrected chi connectivity index (χ4v) is 11.1. The number of methoxy groups -OCH3 is 1. The van der Waals surface area contributed by atoms with E-state index in [2.05, 4.69) is 46.1 Å². The number of rotatable bonds is 6. The predicted octanol–water partition coefficient (Wildman–Crippen LogP) is 7.76. The van der Waals surface area contributed by atoms with E-state index in [1.54, 1.807) is 65.8 Å². The third-order valence-electron chi connectivity index (χ3n) is 15.2. The van der Waals surface area contributed by atoms with Crippen LogP contribution in [-0.4, -0.2) is 92.5 Å². The molecule has 0 aromatic heterocycles. The van der Waals surface area contributed by atoms with Crippen molar-refractivity contribution in [2.45, 2.75) is 116 Å². The molecule has 1 fully saturated rings. The first-order chi connectivity index (χ1) is 34.3. The molecule has 380 valence electrons. The highest BCUT2D eigenvalue weighted by Gasteiger charge is 2.52. The average molecular weight is 983 g/mol. The normalized spacial score (nSPS) is 32.2. The fraction of sp³-hybridized carbons (Fsp3) is 0.421. The lowest BCUT2D eigenvalue weighted by Gasteiger charge is -2.49. The highest BCUT2D eigenvalue weighted by Crippen LogP contribution is 2.54. The topological polar surface area (TPSA) is 209 Å². The lowest BCUT2D eigenvalue weighted by Crippen LogP contribution is -2.50. The lowest BCUT2D eigenvalue weighted by molar-refractivity contribution is -0.160. The summed E-state index contributed by atoms with van der Waals surface area (Å²) >= 11 is 0. The number of benzene rings is 4. The van der Waals surface area contributed by atoms with Crippen molar-refractivity contribution in [3.8, 4) is 17.2 Å². The molecule has 1 unspecified atom stereocenters. The van der Waals surface area contributed by atoms with Gasteiger partial charge in [-0.2, -0.15) is 0 Å². The van der Waals surface area contributed by atoms with E-state index in [1.807, 2.05) is 42.5 Å². The Hall–Kier alpha value is -6.65. The summed E-state index contributed by atoms with van der Waals surface area (Å²) < 4.78 is 24.3. The molecule has 5 N–H and O–H groups in total. The van der Waals surface area contributed by atoms with Crippen molar-refractivity contribution in [2.75, 3.05) is 19.0 Å². The molecule has 1 saturated heterocycles. The monoisotopic (exact) mass is 982 g/mol. The summed E-state index contributed by atoms with van der Waals surface area (Å²) in [4.78, 5) is 54.3. The number of aromatic hydroxyl groups is 2. The number of phenols is 2. The quantitative estimate of drug-likeness (QED) is 0.0712. The van der Waals surface area contributed by atoms with Gasteiger partial charge in [-0.25, -0.2) is 4.99 Å². The molecule has 0 saturated carbocycles. The first-order valence-electron chi connectivity index (χ1n) is 24.6. The molecule has 15 heteroatoms. The van der Waals surface area contributed by atoms with Crippen LogP contribution in [0.5, 0.6) is 17.2 Å². The van der Waals surface area contributed by atoms with E-state index in [-0.39, 0.29) is 61.7 Å². The van der Waals surface area contributed by atoms with E-state index in [1.165, 1.54) is 27.2 Å². The van der Waals surface area contributed by atoms with Gasteiger partial charge in [-0.1, -0.05) is 113 Å². The molecule has 9 rings (SSSR count). The summed E-state index contributed by atoms with van der Waals surface area (Å²) in [6.45, 7) is 17.5. The second-order valence-electron chi connectivity index (χ2n) is 20.0. The maximum Gasteiger partial charge on any atom is 0.312 e. The molecule has 1 amide bonds. The number of anilines is 1. The molecule has 5 heterocycles. The van der Waals surface area contributed by atoms with Crippen LogP contribution in [0.2, 0.25) is 0 Å². The highest BCUT2D eigenvalue weighted by molar-refractivity contribution is 6.21. The van der Waals surface area contributed by atoms with Crippen LogP contribution in [0.4, 0.5) is 5.69 Å². The van der Waals surface area contributed by atoms with Crippen LogP contribution < -0.4 is 20.8 Å². The summed E-state index contributed by atoms with van der Waals surface area (Å²) in [6, 6.07) is 19.7. The Morgan fingerprint density at radius 3 is 2.10 bits per heavy atom. The molecule has 72 heavy (non-hydrogen) atoms. The molecule has 1 spiro atoms. The van der Waals surface area contributed by atoms with Crippen LogP contribution in [0.15, 0.2) is 119 Å². The van der Waals surface area contributed by atoms with Crippen LogP contribution in [0.25, 0.3) is 10.8 Å². The average Bonchev–Trinajstić information content (AvgIpc) is 3.87. The van der Waals surface area contributed by atoms with E-state index < -0.39 is 88.7 Å². The van der Waals surface area contributed by atoms with Crippen LogP contribution in [-0.2, 0) is 23.8 Å². The minimum absolute atomic E-state index is 0.0131. The number of hydrogen-bond acceptors (Lipinski definition) is 14. The molecule has 15 nitrogen and oxygen atoms in total. The van der Waals surface area contributed by atoms with Crippen molar-refractivity contribution < 1.29 is 53.8 Å². The van der Waals surface area contributed by atoms with Crippen molar-refractivity contribution in [2.24, 2.45) is 33.7 Å². The summed E-state index contributed by atoms with van der Waals surface area (Å²) in [7, 11) is 1.47. The first-order valence-corrected chi connectivity index (χ1v) is 24.6. The number of amides is 1. The minimum Gasteiger partial charge on any atom is -0.507 e. The largest absolute Gasteiger partial charge is 0.507 e. The number of ether oxygens (including phenoxy) is 4. The molecule has 0 aliphatic carbocycles. The number of ketones is 1. The lowest BCUT2D eigenvalue weighted by atomic mass is 9.78. The Bertz CT molecular complexity index is 2940. The molecule has 4 aromatic carbocycles. The number of likely N-dealkylation sites (tertiary alicyclic amines) is 1. The number of esters is 1. The smallest absolute Gasteiger partial charge is 0.312 e. The third kappa shape index (κ3) is 9.34. The molecule has 5 aliphatic heterocycles. The number of Topliss-reactive ketones (excluding diaryl/α,β-unsaturated/α-hetero) is 1. The van der Waals surface area contributed by atoms with Crippen LogP contribution >= 0.6 is 0 Å². The maximum absolute atomic E-state index is 15.2. The van der Waals surface area contributed by atoms with Crippen LogP contribution in [0.3, 0.4) is 0 Å². The van der Waals surface area contributed by atoms with E-state index in [4.69, 9.17) is 23.9 Å². The SMILES string of the molecule is C=CCN1[C@@H](c2ccccc2)CC2(C[C@H]1c1ccccc1)N=c1c(c3c4c5c(C)c(O)c3c(O)c1=NC(=O)/C(C)=C\C=C/[C@H](C)[C@H](O)[C@@H](C)[C@H](O)[C@H](C)[C@H](OC(C)=O)[C@H](C)[C@@H](OC)C=CO[C@@](C)(O5)C4=O)N2. The van der Waals surface area contributed by atoms with E-state index in [9.17, 15) is 30.0 Å². The van der Waals surface area contributed by atoms with Crippen molar-refractivity contribution in [3.63, 3.8) is 0 Å². The Morgan fingerprint density at radius 1 is 0.889 bits per heavy atom. The van der Waals surface area contributed by atoms with Gasteiger partial charge in [0.2, 0.25) is 0 Å². The van der Waals surface area contributed by atoms with E-state index in [0.29, 0.717) is 19.4 Å². The zero-order chi connectivity index (χ0) is 52.0. The van der Waals surface area contributed by atoms with Crippen molar-refractivity contribution in [1.29, 1.82) is 0 Å². The Labute approximate surface area is 419 Å². The zero-order valence-corrected chi connectivity index (χ0v) is 42.3. The molecule has 4 aromatic rings. The van der Waals surface area contributed by atoms with Crippen molar-refractivity contribution in [3.05, 3.63) is 142 Å². The van der Waals surface area contributed by atoms with Gasteiger partial charge in [0.1, 0.15) is 34.0 Å². The second kappa shape index (κ2) is 20.5. The number of allylic oxidation sites excluding steroid dienone is 2. The number of piperidine rings is 1. The summed E-state index contributed by atoms with van der Waals surface area (Å²) in [5, 5.41) is 51.5. The standard InChI is InChI=1S/C57H66N4O11/c1-11-26-61-39(37-21-14-12-15-22-37)28-57(29-40(61)38-23-16-13-17-24-38)59-45-42-43-50(65)35(7)53-44(42)54(67)56(9,72-53)70-27-25-41(69-10)32(4)52(71-36(8)62)34(6)49(64)33(5)48(63)30(2)19-18-20-31(3)55(68)58-47(51(43)66)46(45)60-57/h11-25,27,30,32-34,39-41,48-49,52,59,63-66H,1,26,28-29H2,2-10H3/b19-18-,27-25?,31-20-,58-47?/t30-,32+,33+,34-,39-,40+,41-,48-,49-,52+,56-,57?/m0/s1. The van der Waals surface area contributed by atoms with E-state index in [0.717, 1.165) is 11.1 Å². The number of hydrogen-bond donors (Lipinski definition) is 5. The molecule has 0 radical (unpaired) electrons. The van der Waals surface area contributed by atoms with Gasteiger partial charge in [-0.15, -0.1) is 6.58 Å². The Kier molecular flexibility index (Phi) is 14.7. The second-order valence-corrected chi connectivity index (χ2v) is 20.0. The number of nitrogens with zero attached hydrogens (tertiary/aromatic N) is 3. The van der Waals surface area contributed by atoms with Crippen LogP contribution in [0.1, 0.15) is 100 Å². The molecule has 5 aliphatic rings. The van der Waals surface area contributed by atoms with Gasteiger partial charge in [-0.3, -0.25) is 24.3 Å². The van der Waals surface area contributed by atoms with Gasteiger partial charge in [-0.05, 0) is 31.1 Å². The number of fused-ring (bicyclic) bond motifs is 13. The Balaban J connectivity index is 1.36. The predicted molar refractivity (Wildman–Crippen MR) is 272 cm³/mol. The fourth-order valence-electron chi connectivity index (χ4n) is 11.1. The number of nitrogens with one attached hydrogen (secondary N) is 1. The highest BCUT2D eigenvalue weighted by atomic mass is 16.7. The van der Waals surface area contributed by atoms with Crippen molar-refractivity contribution in [1.82, 2.24) is 4.90 Å². The van der Waals surface area contributed by atoms with Gasteiger partial charge in [0.15, 0.2) is 5.75 Å². The van der Waals surface area contributed by atoms with Crippen LogP contribution in [0, 0.1) is 30.6 Å². The van der Waals surface area contributed by atoms with E-state index >= 15 is 4.79 Å². The van der Waals surface area contributed by atoms with Gasteiger partial charge in [0.25, 0.3) is 11.7 Å². The maximum atomic E-state index is 15.2. The molecular weight excluding hydrogens is 917 g/mol. The first kappa shape index (κ1) is 51.7. The summed E-state index contributed by atoms with van der Waals surface area (Å²) in [6.07, 6.45) is 6.47. The van der Waals surface area contributed by atoms with Gasteiger partial charge in [0.05, 0.1) is 41.2 Å². The number of carbonyl (C=O) groups excluding carboxylic acids is 3. The zero-order valence-electron chi connectivity index (χ0n) is 42.3. The molecular formula is C57H66N4O11. The minimum atomic E-state index is -2.02.